The number of aliphatic carboxylic acids is 1. The van der Waals surface area contributed by atoms with Crippen LogP contribution in [0.4, 0.5) is 5.69 Å². The summed E-state index contributed by atoms with van der Waals surface area (Å²) < 4.78 is 5.72. The highest BCUT2D eigenvalue weighted by Gasteiger charge is 2.26. The SMILES string of the molecule is Cl.N=C(N)c1ccc(NC(C(=O)O)c2cc(Cl)cc(C#Cc3ccccc3)c2OCCO)cc1. The average molecular weight is 500 g/mol. The first-order chi connectivity index (χ1) is 15.9. The molecule has 9 heteroatoms. The second-order valence-corrected chi connectivity index (χ2v) is 7.40. The maximum atomic E-state index is 12.2. The molecular formula is C25H23Cl2N3O4. The zero-order valence-corrected chi connectivity index (χ0v) is 19.5. The lowest BCUT2D eigenvalue weighted by atomic mass is 10.0. The highest BCUT2D eigenvalue weighted by atomic mass is 35.5. The Hall–Kier alpha value is -3.70. The molecule has 0 spiro atoms. The van der Waals surface area contributed by atoms with Gasteiger partial charge in [0.25, 0.3) is 0 Å². The van der Waals surface area contributed by atoms with E-state index in [4.69, 9.17) is 27.5 Å². The van der Waals surface area contributed by atoms with Crippen LogP contribution in [0.5, 0.6) is 5.75 Å². The first-order valence-corrected chi connectivity index (χ1v) is 10.3. The van der Waals surface area contributed by atoms with Crippen molar-refractivity contribution in [1.82, 2.24) is 0 Å². The van der Waals surface area contributed by atoms with Crippen molar-refractivity contribution in [3.8, 4) is 17.6 Å². The molecule has 0 fully saturated rings. The molecule has 3 aromatic rings. The van der Waals surface area contributed by atoms with E-state index in [0.717, 1.165) is 5.56 Å². The van der Waals surface area contributed by atoms with Crippen LogP contribution in [0, 0.1) is 17.3 Å². The quantitative estimate of drug-likeness (QED) is 0.180. The van der Waals surface area contributed by atoms with Crippen molar-refractivity contribution >= 4 is 41.5 Å². The van der Waals surface area contributed by atoms with Crippen LogP contribution in [0.25, 0.3) is 0 Å². The Balaban J connectivity index is 0.00000408. The Bertz CT molecular complexity index is 1210. The lowest BCUT2D eigenvalue weighted by Crippen LogP contribution is -2.22. The molecule has 3 aromatic carbocycles. The molecule has 0 heterocycles. The van der Waals surface area contributed by atoms with Gasteiger partial charge in [0.15, 0.2) is 6.04 Å². The van der Waals surface area contributed by atoms with Crippen molar-refractivity contribution in [2.75, 3.05) is 18.5 Å². The van der Waals surface area contributed by atoms with Gasteiger partial charge >= 0.3 is 5.97 Å². The number of hydrogen-bond acceptors (Lipinski definition) is 5. The van der Waals surface area contributed by atoms with Gasteiger partial charge in [0.2, 0.25) is 0 Å². The van der Waals surface area contributed by atoms with E-state index in [2.05, 4.69) is 17.2 Å². The van der Waals surface area contributed by atoms with Crippen molar-refractivity contribution in [2.24, 2.45) is 5.73 Å². The molecule has 0 aliphatic rings. The number of carbonyl (C=O) groups is 1. The monoisotopic (exact) mass is 499 g/mol. The summed E-state index contributed by atoms with van der Waals surface area (Å²) in [5, 5.41) is 30.0. The predicted octanol–water partition coefficient (Wildman–Crippen LogP) is 4.05. The van der Waals surface area contributed by atoms with Crippen molar-refractivity contribution in [1.29, 1.82) is 5.41 Å². The maximum Gasteiger partial charge on any atom is 0.330 e. The number of halogens is 2. The smallest absolute Gasteiger partial charge is 0.330 e. The van der Waals surface area contributed by atoms with Crippen LogP contribution in [-0.2, 0) is 4.79 Å². The molecule has 7 nitrogen and oxygen atoms in total. The largest absolute Gasteiger partial charge is 0.489 e. The number of ether oxygens (including phenoxy) is 1. The molecule has 1 unspecified atom stereocenters. The minimum absolute atomic E-state index is 0. The fraction of sp³-hybridized carbons (Fsp3) is 0.120. The van der Waals surface area contributed by atoms with Gasteiger partial charge in [0, 0.05) is 27.4 Å². The molecular weight excluding hydrogens is 477 g/mol. The minimum atomic E-state index is -1.22. The Morgan fingerprint density at radius 1 is 1.12 bits per heavy atom. The summed E-state index contributed by atoms with van der Waals surface area (Å²) in [5.74, 6) is 4.98. The van der Waals surface area contributed by atoms with Crippen LogP contribution in [0.3, 0.4) is 0 Å². The summed E-state index contributed by atoms with van der Waals surface area (Å²) >= 11 is 6.31. The van der Waals surface area contributed by atoms with Gasteiger partial charge in [-0.05, 0) is 48.5 Å². The summed E-state index contributed by atoms with van der Waals surface area (Å²) in [6.07, 6.45) is 0. The van der Waals surface area contributed by atoms with E-state index >= 15 is 0 Å². The van der Waals surface area contributed by atoms with E-state index < -0.39 is 12.0 Å². The maximum absolute atomic E-state index is 12.2. The second-order valence-electron chi connectivity index (χ2n) is 6.97. The number of nitrogen functional groups attached to an aromatic ring is 1. The molecule has 0 saturated carbocycles. The van der Waals surface area contributed by atoms with Gasteiger partial charge in [0.05, 0.1) is 12.2 Å². The van der Waals surface area contributed by atoms with Crippen LogP contribution in [0.15, 0.2) is 66.7 Å². The highest BCUT2D eigenvalue weighted by molar-refractivity contribution is 6.30. The first-order valence-electron chi connectivity index (χ1n) is 9.97. The van der Waals surface area contributed by atoms with Crippen molar-refractivity contribution < 1.29 is 19.7 Å². The summed E-state index contributed by atoms with van der Waals surface area (Å²) in [6.45, 7) is -0.306. The van der Waals surface area contributed by atoms with Crippen LogP contribution in [0.2, 0.25) is 5.02 Å². The third-order valence-electron chi connectivity index (χ3n) is 4.60. The number of nitrogens with two attached hydrogens (primary N) is 1. The van der Waals surface area contributed by atoms with Gasteiger partial charge < -0.3 is 26.0 Å². The standard InChI is InChI=1S/C25H22ClN3O4.ClH/c26-19-14-18(7-6-16-4-2-1-3-5-16)23(33-13-12-30)21(15-19)22(25(31)32)29-20-10-8-17(9-11-20)24(27)28;/h1-5,8-11,14-15,22,29-30H,12-13H2,(H3,27,28)(H,31,32);1H. The zero-order chi connectivity index (χ0) is 23.8. The Morgan fingerprint density at radius 3 is 2.38 bits per heavy atom. The summed E-state index contributed by atoms with van der Waals surface area (Å²) in [4.78, 5) is 12.2. The molecule has 0 radical (unpaired) electrons. The number of carboxylic acid groups (broad SMARTS) is 1. The fourth-order valence-corrected chi connectivity index (χ4v) is 3.30. The van der Waals surface area contributed by atoms with E-state index in [-0.39, 0.29) is 42.8 Å². The summed E-state index contributed by atoms with van der Waals surface area (Å²) in [5.41, 5.74) is 7.92. The van der Waals surface area contributed by atoms with Crippen LogP contribution in [-0.4, -0.2) is 35.2 Å². The number of nitrogens with one attached hydrogen (secondary N) is 2. The molecule has 34 heavy (non-hydrogen) atoms. The lowest BCUT2D eigenvalue weighted by molar-refractivity contribution is -0.138. The van der Waals surface area contributed by atoms with Gasteiger partial charge in [-0.2, -0.15) is 0 Å². The van der Waals surface area contributed by atoms with Crippen LogP contribution >= 0.6 is 24.0 Å². The normalized spacial score (nSPS) is 10.8. The molecule has 6 N–H and O–H groups in total. The zero-order valence-electron chi connectivity index (χ0n) is 17.9. The van der Waals surface area contributed by atoms with Crippen molar-refractivity contribution in [3.63, 3.8) is 0 Å². The molecule has 0 aliphatic heterocycles. The second kappa shape index (κ2) is 12.5. The summed E-state index contributed by atoms with van der Waals surface area (Å²) in [7, 11) is 0. The van der Waals surface area contributed by atoms with Gasteiger partial charge in [-0.3, -0.25) is 5.41 Å². The number of anilines is 1. The van der Waals surface area contributed by atoms with Crippen molar-refractivity contribution in [3.05, 3.63) is 94.0 Å². The van der Waals surface area contributed by atoms with Crippen molar-refractivity contribution in [2.45, 2.75) is 6.04 Å². The van der Waals surface area contributed by atoms with E-state index in [9.17, 15) is 15.0 Å². The Labute approximate surface area is 208 Å². The van der Waals surface area contributed by atoms with Crippen LogP contribution in [0.1, 0.15) is 28.3 Å². The predicted molar refractivity (Wildman–Crippen MR) is 135 cm³/mol. The van der Waals surface area contributed by atoms with Gasteiger partial charge in [-0.1, -0.05) is 41.6 Å². The molecule has 1 atom stereocenters. The number of benzene rings is 3. The third kappa shape index (κ3) is 6.90. The molecule has 0 saturated heterocycles. The van der Waals surface area contributed by atoms with E-state index in [1.165, 1.54) is 6.07 Å². The van der Waals surface area contributed by atoms with E-state index in [0.29, 0.717) is 21.8 Å². The van der Waals surface area contributed by atoms with Gasteiger partial charge in [-0.25, -0.2) is 4.79 Å². The Kier molecular flexibility index (Phi) is 9.77. The lowest BCUT2D eigenvalue weighted by Gasteiger charge is -2.21. The molecule has 0 amide bonds. The molecule has 0 aliphatic carbocycles. The van der Waals surface area contributed by atoms with Gasteiger partial charge in [0.1, 0.15) is 18.2 Å². The number of carboxylic acids is 1. The Morgan fingerprint density at radius 2 is 1.79 bits per heavy atom. The number of hydrogen-bond donors (Lipinski definition) is 5. The first kappa shape index (κ1) is 26.6. The number of rotatable bonds is 8. The van der Waals surface area contributed by atoms with Crippen LogP contribution < -0.4 is 15.8 Å². The average Bonchev–Trinajstić information content (AvgIpc) is 2.81. The molecule has 0 bridgehead atoms. The van der Waals surface area contributed by atoms with E-state index in [1.54, 1.807) is 30.3 Å². The number of aliphatic hydroxyl groups is 1. The molecule has 0 aromatic heterocycles. The van der Waals surface area contributed by atoms with Gasteiger partial charge in [-0.15, -0.1) is 12.4 Å². The molecule has 3 rings (SSSR count). The molecule has 176 valence electrons. The number of aliphatic hydroxyl groups excluding tert-OH is 1. The van der Waals surface area contributed by atoms with E-state index in [1.807, 2.05) is 30.3 Å². The number of amidine groups is 1. The topological polar surface area (TPSA) is 129 Å². The summed E-state index contributed by atoms with van der Waals surface area (Å²) in [6, 6.07) is 17.6. The highest BCUT2D eigenvalue weighted by Crippen LogP contribution is 2.34. The fourth-order valence-electron chi connectivity index (χ4n) is 3.08. The third-order valence-corrected chi connectivity index (χ3v) is 4.82. The minimum Gasteiger partial charge on any atom is -0.489 e.